The summed E-state index contributed by atoms with van der Waals surface area (Å²) in [7, 11) is 0. The van der Waals surface area contributed by atoms with Crippen LogP contribution in [-0.2, 0) is 19.1 Å². The van der Waals surface area contributed by atoms with Crippen LogP contribution in [-0.4, -0.2) is 36.4 Å². The number of rotatable bonds is 39. The molecule has 1 atom stereocenters. The first-order chi connectivity index (χ1) is 23.6. The fourth-order valence-corrected chi connectivity index (χ4v) is 6.31. The molecule has 0 bridgehead atoms. The minimum absolute atomic E-state index is 0.0599. The van der Waals surface area contributed by atoms with Gasteiger partial charge in [-0.05, 0) is 38.5 Å². The maximum Gasteiger partial charge on any atom is 0.306 e. The highest BCUT2D eigenvalue weighted by Gasteiger charge is 2.16. The molecular formula is C43H82O5. The SMILES string of the molecule is CCCCCCCC/C=C\CCCCCCCCCCCCCC(=O)OC[C@H](CO)OC(=O)CCCCCCCCCCCCCCC. The summed E-state index contributed by atoms with van der Waals surface area (Å²) in [6, 6.07) is 0. The molecule has 0 aromatic heterocycles. The zero-order valence-corrected chi connectivity index (χ0v) is 32.3. The molecule has 0 aromatic rings. The average molecular weight is 679 g/mol. The predicted molar refractivity (Wildman–Crippen MR) is 205 cm³/mol. The van der Waals surface area contributed by atoms with Gasteiger partial charge in [0.25, 0.3) is 0 Å². The van der Waals surface area contributed by atoms with Crippen molar-refractivity contribution < 1.29 is 24.2 Å². The van der Waals surface area contributed by atoms with E-state index in [1.165, 1.54) is 167 Å². The van der Waals surface area contributed by atoms with Gasteiger partial charge in [0.2, 0.25) is 0 Å². The molecule has 284 valence electrons. The van der Waals surface area contributed by atoms with Gasteiger partial charge in [0, 0.05) is 12.8 Å². The lowest BCUT2D eigenvalue weighted by Gasteiger charge is -2.15. The van der Waals surface area contributed by atoms with Crippen molar-refractivity contribution in [2.24, 2.45) is 0 Å². The Kier molecular flexibility index (Phi) is 38.9. The third kappa shape index (κ3) is 37.5. The largest absolute Gasteiger partial charge is 0.462 e. The van der Waals surface area contributed by atoms with Crippen molar-refractivity contribution in [3.8, 4) is 0 Å². The van der Waals surface area contributed by atoms with E-state index in [4.69, 9.17) is 9.47 Å². The molecule has 0 rings (SSSR count). The number of hydrogen-bond acceptors (Lipinski definition) is 5. The summed E-state index contributed by atoms with van der Waals surface area (Å²) in [5, 5.41) is 9.56. The molecule has 0 saturated heterocycles. The minimum Gasteiger partial charge on any atom is -0.462 e. The van der Waals surface area contributed by atoms with Crippen LogP contribution in [0.3, 0.4) is 0 Å². The van der Waals surface area contributed by atoms with Gasteiger partial charge in [-0.1, -0.05) is 193 Å². The zero-order chi connectivity index (χ0) is 35.0. The van der Waals surface area contributed by atoms with E-state index in [1.54, 1.807) is 0 Å². The predicted octanol–water partition coefficient (Wildman–Crippen LogP) is 13.3. The van der Waals surface area contributed by atoms with Crippen LogP contribution in [0.4, 0.5) is 0 Å². The van der Waals surface area contributed by atoms with Crippen LogP contribution in [0.5, 0.6) is 0 Å². The lowest BCUT2D eigenvalue weighted by molar-refractivity contribution is -0.161. The molecule has 5 heteroatoms. The molecule has 0 aromatic carbocycles. The summed E-state index contributed by atoms with van der Waals surface area (Å²) in [6.07, 6.45) is 45.6. The fraction of sp³-hybridized carbons (Fsp3) is 0.907. The summed E-state index contributed by atoms with van der Waals surface area (Å²) in [5.41, 5.74) is 0. The van der Waals surface area contributed by atoms with Crippen LogP contribution in [0.15, 0.2) is 12.2 Å². The van der Waals surface area contributed by atoms with Crippen molar-refractivity contribution in [3.63, 3.8) is 0 Å². The van der Waals surface area contributed by atoms with E-state index in [1.807, 2.05) is 0 Å². The van der Waals surface area contributed by atoms with E-state index >= 15 is 0 Å². The minimum atomic E-state index is -0.764. The van der Waals surface area contributed by atoms with Crippen molar-refractivity contribution in [2.45, 2.75) is 238 Å². The highest BCUT2D eigenvalue weighted by Crippen LogP contribution is 2.15. The summed E-state index contributed by atoms with van der Waals surface area (Å²) < 4.78 is 10.6. The Morgan fingerprint density at radius 2 is 0.771 bits per heavy atom. The van der Waals surface area contributed by atoms with Gasteiger partial charge in [0.15, 0.2) is 6.10 Å². The molecule has 0 radical (unpaired) electrons. The van der Waals surface area contributed by atoms with Crippen molar-refractivity contribution >= 4 is 11.9 Å². The number of aliphatic hydroxyl groups excluding tert-OH is 1. The Balaban J connectivity index is 3.48. The second-order valence-corrected chi connectivity index (χ2v) is 14.4. The second kappa shape index (κ2) is 40.1. The number of ether oxygens (including phenoxy) is 2. The Hall–Kier alpha value is -1.36. The molecule has 0 unspecified atom stereocenters. The highest BCUT2D eigenvalue weighted by atomic mass is 16.6. The van der Waals surface area contributed by atoms with Gasteiger partial charge in [-0.2, -0.15) is 0 Å². The van der Waals surface area contributed by atoms with Gasteiger partial charge in [-0.15, -0.1) is 0 Å². The van der Waals surface area contributed by atoms with E-state index in [0.29, 0.717) is 12.8 Å². The van der Waals surface area contributed by atoms with Crippen LogP contribution in [0.2, 0.25) is 0 Å². The van der Waals surface area contributed by atoms with Crippen molar-refractivity contribution in [2.75, 3.05) is 13.2 Å². The number of aliphatic hydroxyl groups is 1. The van der Waals surface area contributed by atoms with Crippen molar-refractivity contribution in [3.05, 3.63) is 12.2 Å². The zero-order valence-electron chi connectivity index (χ0n) is 32.3. The number of hydrogen-bond donors (Lipinski definition) is 1. The second-order valence-electron chi connectivity index (χ2n) is 14.4. The highest BCUT2D eigenvalue weighted by molar-refractivity contribution is 5.70. The molecule has 0 spiro atoms. The summed E-state index contributed by atoms with van der Waals surface area (Å²) in [6.45, 7) is 4.15. The summed E-state index contributed by atoms with van der Waals surface area (Å²) in [4.78, 5) is 24.3. The first kappa shape index (κ1) is 46.6. The molecule has 0 saturated carbocycles. The van der Waals surface area contributed by atoms with Gasteiger partial charge in [0.1, 0.15) is 6.61 Å². The lowest BCUT2D eigenvalue weighted by atomic mass is 10.0. The molecular weight excluding hydrogens is 596 g/mol. The van der Waals surface area contributed by atoms with Gasteiger partial charge in [-0.25, -0.2) is 0 Å². The maximum atomic E-state index is 12.2. The molecule has 0 fully saturated rings. The first-order valence-corrected chi connectivity index (χ1v) is 21.2. The number of carbonyl (C=O) groups is 2. The van der Waals surface area contributed by atoms with Gasteiger partial charge in [-0.3, -0.25) is 9.59 Å². The lowest BCUT2D eigenvalue weighted by Crippen LogP contribution is -2.28. The smallest absolute Gasteiger partial charge is 0.306 e. The standard InChI is InChI=1S/C43H82O5/c1-3-5-7-9-11-13-15-17-18-19-20-21-22-23-24-26-27-29-31-33-35-37-42(45)47-40-41(39-44)48-43(46)38-36-34-32-30-28-25-16-14-12-10-8-6-4-2/h17-18,41,44H,3-16,19-40H2,1-2H3/b18-17-/t41-/m0/s1. The average Bonchev–Trinajstić information content (AvgIpc) is 3.09. The van der Waals surface area contributed by atoms with Crippen molar-refractivity contribution in [1.82, 2.24) is 0 Å². The molecule has 48 heavy (non-hydrogen) atoms. The topological polar surface area (TPSA) is 72.8 Å². The summed E-state index contributed by atoms with van der Waals surface area (Å²) >= 11 is 0. The summed E-state index contributed by atoms with van der Waals surface area (Å²) in [5.74, 6) is -0.579. The fourth-order valence-electron chi connectivity index (χ4n) is 6.31. The monoisotopic (exact) mass is 679 g/mol. The Morgan fingerprint density at radius 3 is 1.12 bits per heavy atom. The van der Waals surface area contributed by atoms with E-state index in [9.17, 15) is 14.7 Å². The van der Waals surface area contributed by atoms with Crippen molar-refractivity contribution in [1.29, 1.82) is 0 Å². The molecule has 0 aliphatic heterocycles. The van der Waals surface area contributed by atoms with Crippen LogP contribution >= 0.6 is 0 Å². The normalized spacial score (nSPS) is 12.1. The molecule has 0 amide bonds. The van der Waals surface area contributed by atoms with Gasteiger partial charge < -0.3 is 14.6 Å². The molecule has 0 aliphatic rings. The van der Waals surface area contributed by atoms with E-state index < -0.39 is 6.10 Å². The molecule has 0 aliphatic carbocycles. The molecule has 5 nitrogen and oxygen atoms in total. The third-order valence-corrected chi connectivity index (χ3v) is 9.56. The number of carbonyl (C=O) groups excluding carboxylic acids is 2. The Morgan fingerprint density at radius 1 is 0.458 bits per heavy atom. The quantitative estimate of drug-likeness (QED) is 0.0398. The maximum absolute atomic E-state index is 12.2. The third-order valence-electron chi connectivity index (χ3n) is 9.56. The number of unbranched alkanes of at least 4 members (excludes halogenated alkanes) is 29. The van der Waals surface area contributed by atoms with Crippen LogP contribution in [0.1, 0.15) is 232 Å². The van der Waals surface area contributed by atoms with Crippen LogP contribution in [0, 0.1) is 0 Å². The van der Waals surface area contributed by atoms with E-state index in [2.05, 4.69) is 26.0 Å². The Bertz CT molecular complexity index is 691. The van der Waals surface area contributed by atoms with Gasteiger partial charge in [0.05, 0.1) is 6.61 Å². The first-order valence-electron chi connectivity index (χ1n) is 21.2. The van der Waals surface area contributed by atoms with E-state index in [0.717, 1.165) is 38.5 Å². The van der Waals surface area contributed by atoms with Crippen LogP contribution in [0.25, 0.3) is 0 Å². The molecule has 1 N–H and O–H groups in total. The number of esters is 2. The molecule has 0 heterocycles. The van der Waals surface area contributed by atoms with E-state index in [-0.39, 0.29) is 25.2 Å². The van der Waals surface area contributed by atoms with Gasteiger partial charge >= 0.3 is 11.9 Å². The Labute approximate surface area is 299 Å². The van der Waals surface area contributed by atoms with Crippen LogP contribution < -0.4 is 0 Å². The number of allylic oxidation sites excluding steroid dienone is 2.